The van der Waals surface area contributed by atoms with E-state index in [1.807, 2.05) is 78.9 Å². The van der Waals surface area contributed by atoms with Gasteiger partial charge in [-0.15, -0.1) is 0 Å². The van der Waals surface area contributed by atoms with E-state index in [1.54, 1.807) is 5.01 Å². The maximum Gasteiger partial charge on any atom is 0.247 e. The zero-order valence-electron chi connectivity index (χ0n) is 14.5. The number of hydrogen-bond donors (Lipinski definition) is 0. The van der Waals surface area contributed by atoms with E-state index < -0.39 is 0 Å². The molecule has 0 bridgehead atoms. The number of carbonyl (C=O) groups is 1. The van der Waals surface area contributed by atoms with Crippen molar-refractivity contribution >= 4 is 11.6 Å². The maximum atomic E-state index is 13.0. The molecule has 1 aliphatic heterocycles. The van der Waals surface area contributed by atoms with Crippen molar-refractivity contribution in [1.29, 1.82) is 0 Å². The highest BCUT2D eigenvalue weighted by Gasteiger charge is 2.32. The molecule has 1 atom stereocenters. The molecular weight excluding hydrogens is 320 g/mol. The number of benzene rings is 3. The third-order valence-electron chi connectivity index (χ3n) is 4.66. The van der Waals surface area contributed by atoms with Gasteiger partial charge in [-0.2, -0.15) is 5.10 Å². The van der Waals surface area contributed by atoms with Crippen LogP contribution in [0.15, 0.2) is 96.1 Å². The molecule has 3 aromatic carbocycles. The van der Waals surface area contributed by atoms with Gasteiger partial charge in [-0.05, 0) is 16.7 Å². The number of amides is 1. The molecule has 128 valence electrons. The molecule has 1 amide bonds. The molecule has 0 unspecified atom stereocenters. The minimum atomic E-state index is -0.0531. The minimum Gasteiger partial charge on any atom is -0.273 e. The Morgan fingerprint density at radius 2 is 1.42 bits per heavy atom. The van der Waals surface area contributed by atoms with Crippen LogP contribution < -0.4 is 0 Å². The largest absolute Gasteiger partial charge is 0.273 e. The quantitative estimate of drug-likeness (QED) is 0.683. The van der Waals surface area contributed by atoms with E-state index in [0.29, 0.717) is 6.42 Å². The predicted octanol–water partition coefficient (Wildman–Crippen LogP) is 4.61. The van der Waals surface area contributed by atoms with Gasteiger partial charge in [0.2, 0.25) is 5.91 Å². The van der Waals surface area contributed by atoms with Crippen LogP contribution in [-0.4, -0.2) is 16.6 Å². The van der Waals surface area contributed by atoms with Crippen LogP contribution in [-0.2, 0) is 11.2 Å². The van der Waals surface area contributed by atoms with Crippen LogP contribution in [0.3, 0.4) is 0 Å². The molecule has 0 spiro atoms. The van der Waals surface area contributed by atoms with Gasteiger partial charge in [-0.3, -0.25) is 4.79 Å². The Labute approximate surface area is 153 Å². The lowest BCUT2D eigenvalue weighted by molar-refractivity contribution is -0.132. The van der Waals surface area contributed by atoms with Crippen molar-refractivity contribution in [3.63, 3.8) is 0 Å². The lowest BCUT2D eigenvalue weighted by Gasteiger charge is -2.22. The van der Waals surface area contributed by atoms with Gasteiger partial charge in [0, 0.05) is 6.42 Å². The van der Waals surface area contributed by atoms with E-state index in [-0.39, 0.29) is 11.9 Å². The van der Waals surface area contributed by atoms with Crippen molar-refractivity contribution in [2.75, 3.05) is 0 Å². The molecule has 3 aromatic rings. The van der Waals surface area contributed by atoms with Crippen molar-refractivity contribution in [2.24, 2.45) is 5.10 Å². The second kappa shape index (κ2) is 7.36. The van der Waals surface area contributed by atoms with E-state index in [4.69, 9.17) is 5.10 Å². The number of nitrogens with zero attached hydrogens (tertiary/aromatic N) is 2. The fourth-order valence-electron chi connectivity index (χ4n) is 3.33. The standard InChI is InChI=1S/C23H20N2O/c26-23(16-18-10-4-1-5-11-18)25-22(20-14-8-3-9-15-20)17-21(24-25)19-12-6-2-7-13-19/h1-15,22H,16-17H2/t22-/m0/s1. The van der Waals surface area contributed by atoms with Gasteiger partial charge in [0.05, 0.1) is 18.2 Å². The van der Waals surface area contributed by atoms with Crippen molar-refractivity contribution < 1.29 is 4.79 Å². The minimum absolute atomic E-state index is 0.0241. The molecule has 3 heteroatoms. The summed E-state index contributed by atoms with van der Waals surface area (Å²) in [5.74, 6) is 0.0241. The smallest absolute Gasteiger partial charge is 0.247 e. The average Bonchev–Trinajstić information content (AvgIpc) is 3.16. The summed E-state index contributed by atoms with van der Waals surface area (Å²) in [4.78, 5) is 13.0. The second-order valence-electron chi connectivity index (χ2n) is 6.44. The number of carbonyl (C=O) groups excluding carboxylic acids is 1. The third kappa shape index (κ3) is 3.42. The fraction of sp³-hybridized carbons (Fsp3) is 0.130. The van der Waals surface area contributed by atoms with Crippen LogP contribution in [0.5, 0.6) is 0 Å². The Hall–Kier alpha value is -3.20. The highest BCUT2D eigenvalue weighted by atomic mass is 16.2. The van der Waals surface area contributed by atoms with Gasteiger partial charge in [-0.1, -0.05) is 91.0 Å². The molecule has 0 aliphatic carbocycles. The molecule has 0 N–H and O–H groups in total. The molecule has 26 heavy (non-hydrogen) atoms. The van der Waals surface area contributed by atoms with Crippen LogP contribution in [0.25, 0.3) is 0 Å². The van der Waals surface area contributed by atoms with Crippen molar-refractivity contribution in [1.82, 2.24) is 5.01 Å². The Bertz CT molecular complexity index is 905. The van der Waals surface area contributed by atoms with Gasteiger partial charge >= 0.3 is 0 Å². The van der Waals surface area contributed by atoms with Crippen molar-refractivity contribution in [3.05, 3.63) is 108 Å². The predicted molar refractivity (Wildman–Crippen MR) is 104 cm³/mol. The zero-order valence-corrected chi connectivity index (χ0v) is 14.5. The lowest BCUT2D eigenvalue weighted by Crippen LogP contribution is -2.28. The highest BCUT2D eigenvalue weighted by molar-refractivity contribution is 6.03. The molecular formula is C23H20N2O. The summed E-state index contributed by atoms with van der Waals surface area (Å²) in [7, 11) is 0. The van der Waals surface area contributed by atoms with E-state index in [0.717, 1.165) is 28.8 Å². The van der Waals surface area contributed by atoms with Gasteiger partial charge < -0.3 is 0 Å². The SMILES string of the molecule is O=C(Cc1ccccc1)N1N=C(c2ccccc2)C[C@H]1c1ccccc1. The number of rotatable bonds is 4. The maximum absolute atomic E-state index is 13.0. The molecule has 1 heterocycles. The number of hydrazone groups is 1. The number of hydrogen-bond acceptors (Lipinski definition) is 2. The van der Waals surface area contributed by atoms with E-state index in [9.17, 15) is 4.79 Å². The Morgan fingerprint density at radius 1 is 0.846 bits per heavy atom. The molecule has 0 fully saturated rings. The molecule has 1 aliphatic rings. The van der Waals surface area contributed by atoms with Gasteiger partial charge in [0.15, 0.2) is 0 Å². The first-order chi connectivity index (χ1) is 12.8. The molecule has 0 radical (unpaired) electrons. The van der Waals surface area contributed by atoms with Crippen LogP contribution in [0.2, 0.25) is 0 Å². The van der Waals surface area contributed by atoms with Crippen LogP contribution in [0.4, 0.5) is 0 Å². The van der Waals surface area contributed by atoms with Crippen LogP contribution in [0.1, 0.15) is 29.2 Å². The highest BCUT2D eigenvalue weighted by Crippen LogP contribution is 2.33. The lowest BCUT2D eigenvalue weighted by atomic mass is 9.98. The Kier molecular flexibility index (Phi) is 4.61. The van der Waals surface area contributed by atoms with E-state index >= 15 is 0 Å². The topological polar surface area (TPSA) is 32.7 Å². The monoisotopic (exact) mass is 340 g/mol. The van der Waals surface area contributed by atoms with E-state index in [1.165, 1.54) is 0 Å². The van der Waals surface area contributed by atoms with Gasteiger partial charge in [0.1, 0.15) is 0 Å². The fourth-order valence-corrected chi connectivity index (χ4v) is 3.33. The molecule has 0 saturated heterocycles. The second-order valence-corrected chi connectivity index (χ2v) is 6.44. The third-order valence-corrected chi connectivity index (χ3v) is 4.66. The first kappa shape index (κ1) is 16.3. The van der Waals surface area contributed by atoms with E-state index in [2.05, 4.69) is 12.1 Å². The summed E-state index contributed by atoms with van der Waals surface area (Å²) in [5, 5.41) is 6.38. The Balaban J connectivity index is 1.65. The van der Waals surface area contributed by atoms with Gasteiger partial charge in [-0.25, -0.2) is 5.01 Å². The average molecular weight is 340 g/mol. The summed E-state index contributed by atoms with van der Waals surface area (Å²) in [6.45, 7) is 0. The molecule has 4 rings (SSSR count). The van der Waals surface area contributed by atoms with Gasteiger partial charge in [0.25, 0.3) is 0 Å². The van der Waals surface area contributed by atoms with Crippen LogP contribution in [0, 0.1) is 0 Å². The van der Waals surface area contributed by atoms with Crippen LogP contribution >= 0.6 is 0 Å². The summed E-state index contributed by atoms with van der Waals surface area (Å²) in [6.07, 6.45) is 1.09. The Morgan fingerprint density at radius 3 is 2.08 bits per heavy atom. The summed E-state index contributed by atoms with van der Waals surface area (Å²) >= 11 is 0. The summed E-state index contributed by atoms with van der Waals surface area (Å²) in [6, 6.07) is 30.0. The molecule has 0 aromatic heterocycles. The summed E-state index contributed by atoms with van der Waals surface area (Å²) in [5.41, 5.74) is 4.15. The molecule has 3 nitrogen and oxygen atoms in total. The van der Waals surface area contributed by atoms with Crippen molar-refractivity contribution in [3.8, 4) is 0 Å². The first-order valence-corrected chi connectivity index (χ1v) is 8.85. The first-order valence-electron chi connectivity index (χ1n) is 8.85. The zero-order chi connectivity index (χ0) is 17.8. The normalized spacial score (nSPS) is 16.4. The summed E-state index contributed by atoms with van der Waals surface area (Å²) < 4.78 is 0. The molecule has 0 saturated carbocycles. The van der Waals surface area contributed by atoms with Crippen molar-refractivity contribution in [2.45, 2.75) is 18.9 Å².